The molecule has 1 unspecified atom stereocenters. The topological polar surface area (TPSA) is 9.23 Å². The quantitative estimate of drug-likeness (QED) is 0.611. The van der Waals surface area contributed by atoms with Gasteiger partial charge in [-0.1, -0.05) is 68.0 Å². The highest BCUT2D eigenvalue weighted by molar-refractivity contribution is 5.57. The summed E-state index contributed by atoms with van der Waals surface area (Å²) in [6.07, 6.45) is 6.58. The molecule has 122 valence electrons. The van der Waals surface area contributed by atoms with E-state index in [0.717, 1.165) is 30.8 Å². The normalized spacial score (nSPS) is 12.5. The van der Waals surface area contributed by atoms with Gasteiger partial charge in [0.1, 0.15) is 5.75 Å². The molecule has 1 nitrogen and oxygen atoms in total. The molecule has 1 heteroatoms. The van der Waals surface area contributed by atoms with Gasteiger partial charge in [-0.3, -0.25) is 0 Å². The van der Waals surface area contributed by atoms with E-state index in [-0.39, 0.29) is 0 Å². The second-order valence-corrected chi connectivity index (χ2v) is 6.36. The Kier molecular flexibility index (Phi) is 6.46. The highest BCUT2D eigenvalue weighted by Crippen LogP contribution is 2.22. The zero-order valence-corrected chi connectivity index (χ0v) is 14.8. The molecule has 0 aliphatic heterocycles. The van der Waals surface area contributed by atoms with E-state index in [4.69, 9.17) is 4.74 Å². The number of para-hydroxylation sites is 1. The third kappa shape index (κ3) is 5.28. The molecule has 0 saturated carbocycles. The van der Waals surface area contributed by atoms with Gasteiger partial charge in [-0.2, -0.15) is 0 Å². The van der Waals surface area contributed by atoms with Crippen LogP contribution < -0.4 is 4.74 Å². The molecule has 0 radical (unpaired) electrons. The Labute approximate surface area is 141 Å². The van der Waals surface area contributed by atoms with E-state index in [1.165, 1.54) is 16.7 Å². The summed E-state index contributed by atoms with van der Waals surface area (Å²) in [5, 5.41) is 0. The summed E-state index contributed by atoms with van der Waals surface area (Å²) in [4.78, 5) is 0. The Bertz CT molecular complexity index is 655. The molecule has 0 heterocycles. The van der Waals surface area contributed by atoms with E-state index in [1.54, 1.807) is 0 Å². The Morgan fingerprint density at radius 2 is 1.87 bits per heavy atom. The Morgan fingerprint density at radius 1 is 1.09 bits per heavy atom. The Hall–Kier alpha value is -2.02. The number of allylic oxidation sites excluding steroid dienone is 1. The van der Waals surface area contributed by atoms with Gasteiger partial charge in [-0.05, 0) is 49.8 Å². The molecular formula is C22H28O. The lowest BCUT2D eigenvalue weighted by molar-refractivity contribution is 0.317. The van der Waals surface area contributed by atoms with Gasteiger partial charge in [0.2, 0.25) is 0 Å². The smallest absolute Gasteiger partial charge is 0.126 e. The van der Waals surface area contributed by atoms with E-state index in [1.807, 2.05) is 12.1 Å². The first-order valence-corrected chi connectivity index (χ1v) is 8.56. The summed E-state index contributed by atoms with van der Waals surface area (Å²) in [6, 6.07) is 15.0. The zero-order chi connectivity index (χ0) is 16.7. The standard InChI is InChI=1S/C22H28O/c1-5-14-23-22-9-7-6-8-20(22)12-10-18(3)16-21-13-11-17(2)15-19(21)4/h6-13,15,18H,5,14,16H2,1-4H3. The summed E-state index contributed by atoms with van der Waals surface area (Å²) < 4.78 is 5.82. The molecule has 1 atom stereocenters. The second kappa shape index (κ2) is 8.57. The van der Waals surface area contributed by atoms with E-state index >= 15 is 0 Å². The molecular weight excluding hydrogens is 280 g/mol. The van der Waals surface area contributed by atoms with Crippen LogP contribution in [0.2, 0.25) is 0 Å². The second-order valence-electron chi connectivity index (χ2n) is 6.36. The van der Waals surface area contributed by atoms with Crippen LogP contribution in [0.25, 0.3) is 6.08 Å². The van der Waals surface area contributed by atoms with Crippen LogP contribution in [0.3, 0.4) is 0 Å². The van der Waals surface area contributed by atoms with Crippen molar-refractivity contribution in [2.24, 2.45) is 5.92 Å². The molecule has 2 aromatic carbocycles. The van der Waals surface area contributed by atoms with Crippen molar-refractivity contribution in [2.45, 2.75) is 40.5 Å². The van der Waals surface area contributed by atoms with Crippen LogP contribution in [0, 0.1) is 19.8 Å². The van der Waals surface area contributed by atoms with E-state index < -0.39 is 0 Å². The van der Waals surface area contributed by atoms with Crippen molar-refractivity contribution in [2.75, 3.05) is 6.61 Å². The highest BCUT2D eigenvalue weighted by Gasteiger charge is 2.04. The minimum Gasteiger partial charge on any atom is -0.493 e. The molecule has 0 spiro atoms. The molecule has 23 heavy (non-hydrogen) atoms. The van der Waals surface area contributed by atoms with Crippen LogP contribution in [0.15, 0.2) is 48.5 Å². The summed E-state index contributed by atoms with van der Waals surface area (Å²) in [5.41, 5.74) is 5.31. The van der Waals surface area contributed by atoms with Gasteiger partial charge in [0.25, 0.3) is 0 Å². The molecule has 0 saturated heterocycles. The van der Waals surface area contributed by atoms with Crippen molar-refractivity contribution in [1.82, 2.24) is 0 Å². The van der Waals surface area contributed by atoms with Crippen LogP contribution in [0.4, 0.5) is 0 Å². The number of hydrogen-bond acceptors (Lipinski definition) is 1. The maximum atomic E-state index is 5.82. The predicted octanol–water partition coefficient (Wildman–Crippen LogP) is 5.98. The molecule has 0 N–H and O–H groups in total. The average Bonchev–Trinajstić information content (AvgIpc) is 2.54. The van der Waals surface area contributed by atoms with Crippen LogP contribution in [0.1, 0.15) is 42.5 Å². The van der Waals surface area contributed by atoms with Crippen LogP contribution in [-0.4, -0.2) is 6.61 Å². The predicted molar refractivity (Wildman–Crippen MR) is 100 cm³/mol. The van der Waals surface area contributed by atoms with Crippen LogP contribution in [0.5, 0.6) is 5.75 Å². The SMILES string of the molecule is CCCOc1ccccc1C=CC(C)Cc1ccc(C)cc1C. The van der Waals surface area contributed by atoms with E-state index in [0.29, 0.717) is 5.92 Å². The van der Waals surface area contributed by atoms with Gasteiger partial charge >= 0.3 is 0 Å². The summed E-state index contributed by atoms with van der Waals surface area (Å²) in [7, 11) is 0. The molecule has 2 aromatic rings. The van der Waals surface area contributed by atoms with Gasteiger partial charge in [-0.15, -0.1) is 0 Å². The van der Waals surface area contributed by atoms with Crippen LogP contribution in [-0.2, 0) is 6.42 Å². The Balaban J connectivity index is 2.04. The van der Waals surface area contributed by atoms with Crippen LogP contribution >= 0.6 is 0 Å². The summed E-state index contributed by atoms with van der Waals surface area (Å²) in [5.74, 6) is 1.47. The minimum atomic E-state index is 0.496. The van der Waals surface area contributed by atoms with Gasteiger partial charge < -0.3 is 4.74 Å². The van der Waals surface area contributed by atoms with Gasteiger partial charge in [-0.25, -0.2) is 0 Å². The van der Waals surface area contributed by atoms with Crippen molar-refractivity contribution in [3.05, 3.63) is 70.8 Å². The lowest BCUT2D eigenvalue weighted by atomic mass is 9.95. The largest absolute Gasteiger partial charge is 0.493 e. The van der Waals surface area contributed by atoms with Crippen molar-refractivity contribution in [3.8, 4) is 5.75 Å². The molecule has 2 rings (SSSR count). The molecule has 0 aliphatic rings. The van der Waals surface area contributed by atoms with Gasteiger partial charge in [0, 0.05) is 5.56 Å². The summed E-state index contributed by atoms with van der Waals surface area (Å²) >= 11 is 0. The van der Waals surface area contributed by atoms with Crippen molar-refractivity contribution in [3.63, 3.8) is 0 Å². The van der Waals surface area contributed by atoms with Crippen molar-refractivity contribution >= 4 is 6.08 Å². The average molecular weight is 308 g/mol. The van der Waals surface area contributed by atoms with E-state index in [2.05, 4.69) is 70.2 Å². The third-order valence-electron chi connectivity index (χ3n) is 4.03. The van der Waals surface area contributed by atoms with E-state index in [9.17, 15) is 0 Å². The first-order chi connectivity index (χ1) is 11.1. The fraction of sp³-hybridized carbons (Fsp3) is 0.364. The minimum absolute atomic E-state index is 0.496. The maximum absolute atomic E-state index is 5.82. The lowest BCUT2D eigenvalue weighted by Crippen LogP contribution is -1.99. The zero-order valence-electron chi connectivity index (χ0n) is 14.8. The molecule has 0 aromatic heterocycles. The van der Waals surface area contributed by atoms with Gasteiger partial charge in [0.15, 0.2) is 0 Å². The highest BCUT2D eigenvalue weighted by atomic mass is 16.5. The number of hydrogen-bond donors (Lipinski definition) is 0. The maximum Gasteiger partial charge on any atom is 0.126 e. The molecule has 0 amide bonds. The van der Waals surface area contributed by atoms with Crippen molar-refractivity contribution < 1.29 is 4.74 Å². The van der Waals surface area contributed by atoms with Gasteiger partial charge in [0.05, 0.1) is 6.61 Å². The number of rotatable bonds is 7. The molecule has 0 bridgehead atoms. The summed E-state index contributed by atoms with van der Waals surface area (Å²) in [6.45, 7) is 9.51. The number of ether oxygens (including phenoxy) is 1. The number of aryl methyl sites for hydroxylation is 2. The molecule has 0 fully saturated rings. The monoisotopic (exact) mass is 308 g/mol. The van der Waals surface area contributed by atoms with Crippen molar-refractivity contribution in [1.29, 1.82) is 0 Å². The third-order valence-corrected chi connectivity index (χ3v) is 4.03. The number of benzene rings is 2. The first kappa shape index (κ1) is 17.3. The Morgan fingerprint density at radius 3 is 2.61 bits per heavy atom. The lowest BCUT2D eigenvalue weighted by Gasteiger charge is -2.11. The fourth-order valence-electron chi connectivity index (χ4n) is 2.72. The first-order valence-electron chi connectivity index (χ1n) is 8.56. The fourth-order valence-corrected chi connectivity index (χ4v) is 2.72. The molecule has 0 aliphatic carbocycles.